The molecular formula is C17H20N2O2. The highest BCUT2D eigenvalue weighted by Crippen LogP contribution is 2.14. The van der Waals surface area contributed by atoms with Crippen LogP contribution in [0.25, 0.3) is 0 Å². The summed E-state index contributed by atoms with van der Waals surface area (Å²) >= 11 is 0. The van der Waals surface area contributed by atoms with Crippen molar-refractivity contribution in [2.24, 2.45) is 0 Å². The van der Waals surface area contributed by atoms with Crippen LogP contribution in [0.1, 0.15) is 25.0 Å². The molecule has 0 aliphatic carbocycles. The smallest absolute Gasteiger partial charge is 0.224 e. The Labute approximate surface area is 125 Å². The lowest BCUT2D eigenvalue weighted by Gasteiger charge is -2.10. The molecule has 0 aliphatic rings. The Morgan fingerprint density at radius 2 is 1.95 bits per heavy atom. The number of pyridine rings is 1. The summed E-state index contributed by atoms with van der Waals surface area (Å²) in [5.74, 6) is 0.820. The van der Waals surface area contributed by atoms with Gasteiger partial charge in [-0.1, -0.05) is 18.2 Å². The number of nitrogens with one attached hydrogen (secondary N) is 1. The highest BCUT2D eigenvalue weighted by atomic mass is 16.5. The Hall–Kier alpha value is -2.36. The van der Waals surface area contributed by atoms with E-state index >= 15 is 0 Å². The van der Waals surface area contributed by atoms with Crippen LogP contribution in [0.4, 0.5) is 0 Å². The van der Waals surface area contributed by atoms with E-state index in [4.69, 9.17) is 4.74 Å². The summed E-state index contributed by atoms with van der Waals surface area (Å²) in [7, 11) is 0. The third-order valence-electron chi connectivity index (χ3n) is 2.87. The Balaban J connectivity index is 1.82. The van der Waals surface area contributed by atoms with Gasteiger partial charge in [0.15, 0.2) is 0 Å². The molecule has 110 valence electrons. The summed E-state index contributed by atoms with van der Waals surface area (Å²) in [5.41, 5.74) is 1.96. The van der Waals surface area contributed by atoms with Crippen LogP contribution < -0.4 is 10.1 Å². The molecule has 21 heavy (non-hydrogen) atoms. The van der Waals surface area contributed by atoms with E-state index in [1.165, 1.54) is 0 Å². The number of nitrogens with zero attached hydrogens (tertiary/aromatic N) is 1. The molecular weight excluding hydrogens is 264 g/mol. The van der Waals surface area contributed by atoms with Crippen molar-refractivity contribution in [3.8, 4) is 5.75 Å². The number of hydrogen-bond acceptors (Lipinski definition) is 3. The lowest BCUT2D eigenvalue weighted by atomic mass is 10.1. The SMILES string of the molecule is CC(C)Oc1ccc(CC(=O)NCc2cccnc2)cc1. The van der Waals surface area contributed by atoms with Crippen LogP contribution in [-0.2, 0) is 17.8 Å². The van der Waals surface area contributed by atoms with Gasteiger partial charge in [0, 0.05) is 18.9 Å². The first-order valence-electron chi connectivity index (χ1n) is 7.04. The summed E-state index contributed by atoms with van der Waals surface area (Å²) in [4.78, 5) is 15.9. The van der Waals surface area contributed by atoms with Crippen LogP contribution in [-0.4, -0.2) is 17.0 Å². The molecule has 1 N–H and O–H groups in total. The number of ether oxygens (including phenoxy) is 1. The molecule has 2 aromatic rings. The van der Waals surface area contributed by atoms with Gasteiger partial charge in [-0.15, -0.1) is 0 Å². The zero-order chi connectivity index (χ0) is 15.1. The third-order valence-corrected chi connectivity index (χ3v) is 2.87. The van der Waals surface area contributed by atoms with Gasteiger partial charge in [0.25, 0.3) is 0 Å². The van der Waals surface area contributed by atoms with Gasteiger partial charge in [-0.25, -0.2) is 0 Å². The minimum Gasteiger partial charge on any atom is -0.491 e. The summed E-state index contributed by atoms with van der Waals surface area (Å²) in [6.07, 6.45) is 3.98. The number of carbonyl (C=O) groups is 1. The molecule has 0 atom stereocenters. The minimum atomic E-state index is -0.00335. The van der Waals surface area contributed by atoms with Gasteiger partial charge in [0.1, 0.15) is 5.75 Å². The van der Waals surface area contributed by atoms with Crippen LogP contribution in [0.3, 0.4) is 0 Å². The summed E-state index contributed by atoms with van der Waals surface area (Å²) in [6, 6.07) is 11.4. The molecule has 2 rings (SSSR count). The van der Waals surface area contributed by atoms with Gasteiger partial charge in [0.2, 0.25) is 5.91 Å². The lowest BCUT2D eigenvalue weighted by molar-refractivity contribution is -0.120. The first-order chi connectivity index (χ1) is 10.1. The van der Waals surface area contributed by atoms with Crippen molar-refractivity contribution in [2.45, 2.75) is 32.9 Å². The van der Waals surface area contributed by atoms with Gasteiger partial charge < -0.3 is 10.1 Å². The van der Waals surface area contributed by atoms with Gasteiger partial charge in [-0.2, -0.15) is 0 Å². The van der Waals surface area contributed by atoms with E-state index in [1.807, 2.05) is 50.2 Å². The van der Waals surface area contributed by atoms with E-state index in [2.05, 4.69) is 10.3 Å². The van der Waals surface area contributed by atoms with Crippen molar-refractivity contribution in [1.29, 1.82) is 0 Å². The second-order valence-electron chi connectivity index (χ2n) is 5.13. The van der Waals surface area contributed by atoms with Crippen LogP contribution in [0, 0.1) is 0 Å². The molecule has 1 heterocycles. The molecule has 0 fully saturated rings. The number of rotatable bonds is 6. The predicted molar refractivity (Wildman–Crippen MR) is 82.0 cm³/mol. The van der Waals surface area contributed by atoms with Crippen LogP contribution in [0.15, 0.2) is 48.8 Å². The van der Waals surface area contributed by atoms with Crippen LogP contribution in [0.2, 0.25) is 0 Å². The van der Waals surface area contributed by atoms with Gasteiger partial charge in [-0.3, -0.25) is 9.78 Å². The van der Waals surface area contributed by atoms with E-state index in [0.717, 1.165) is 16.9 Å². The maximum absolute atomic E-state index is 11.9. The molecule has 0 spiro atoms. The normalized spacial score (nSPS) is 10.4. The van der Waals surface area contributed by atoms with Gasteiger partial charge in [-0.05, 0) is 43.2 Å². The van der Waals surface area contributed by atoms with Crippen LogP contribution in [0.5, 0.6) is 5.75 Å². The Kier molecular flexibility index (Phi) is 5.32. The molecule has 0 saturated carbocycles. The topological polar surface area (TPSA) is 51.2 Å². The second kappa shape index (κ2) is 7.43. The average molecular weight is 284 g/mol. The van der Waals surface area contributed by atoms with Crippen molar-refractivity contribution >= 4 is 5.91 Å². The highest BCUT2D eigenvalue weighted by Gasteiger charge is 2.04. The number of benzene rings is 1. The zero-order valence-corrected chi connectivity index (χ0v) is 12.4. The van der Waals surface area contributed by atoms with Crippen molar-refractivity contribution in [1.82, 2.24) is 10.3 Å². The molecule has 1 aromatic carbocycles. The quantitative estimate of drug-likeness (QED) is 0.887. The van der Waals surface area contributed by atoms with E-state index < -0.39 is 0 Å². The lowest BCUT2D eigenvalue weighted by Crippen LogP contribution is -2.24. The summed E-state index contributed by atoms with van der Waals surface area (Å²) < 4.78 is 5.57. The van der Waals surface area contributed by atoms with Crippen molar-refractivity contribution in [3.05, 3.63) is 59.9 Å². The van der Waals surface area contributed by atoms with E-state index in [9.17, 15) is 4.79 Å². The molecule has 4 heteroatoms. The highest BCUT2D eigenvalue weighted by molar-refractivity contribution is 5.78. The van der Waals surface area contributed by atoms with Gasteiger partial charge >= 0.3 is 0 Å². The molecule has 0 aliphatic heterocycles. The van der Waals surface area contributed by atoms with Crippen LogP contribution >= 0.6 is 0 Å². The maximum atomic E-state index is 11.9. The average Bonchev–Trinajstić information content (AvgIpc) is 2.48. The van der Waals surface area contributed by atoms with E-state index in [-0.39, 0.29) is 12.0 Å². The Morgan fingerprint density at radius 3 is 2.57 bits per heavy atom. The standard InChI is InChI=1S/C17H20N2O2/c1-13(2)21-16-7-5-14(6-8-16)10-17(20)19-12-15-4-3-9-18-11-15/h3-9,11,13H,10,12H2,1-2H3,(H,19,20). The van der Waals surface area contributed by atoms with E-state index in [1.54, 1.807) is 12.4 Å². The Bertz CT molecular complexity index is 565. The molecule has 0 saturated heterocycles. The fraction of sp³-hybridized carbons (Fsp3) is 0.294. The number of carbonyl (C=O) groups excluding carboxylic acids is 1. The molecule has 0 radical (unpaired) electrons. The monoisotopic (exact) mass is 284 g/mol. The fourth-order valence-electron chi connectivity index (χ4n) is 1.91. The molecule has 1 aromatic heterocycles. The van der Waals surface area contributed by atoms with E-state index in [0.29, 0.717) is 13.0 Å². The number of amides is 1. The molecule has 0 unspecified atom stereocenters. The first-order valence-corrected chi connectivity index (χ1v) is 7.04. The number of aromatic nitrogens is 1. The first kappa shape index (κ1) is 15.0. The second-order valence-corrected chi connectivity index (χ2v) is 5.13. The maximum Gasteiger partial charge on any atom is 0.224 e. The molecule has 0 bridgehead atoms. The number of hydrogen-bond donors (Lipinski definition) is 1. The third kappa shape index (κ3) is 5.26. The minimum absolute atomic E-state index is 0.00335. The predicted octanol–water partition coefficient (Wildman–Crippen LogP) is 2.73. The summed E-state index contributed by atoms with van der Waals surface area (Å²) in [6.45, 7) is 4.47. The fourth-order valence-corrected chi connectivity index (χ4v) is 1.91. The van der Waals surface area contributed by atoms with Crippen molar-refractivity contribution < 1.29 is 9.53 Å². The molecule has 1 amide bonds. The van der Waals surface area contributed by atoms with Crippen molar-refractivity contribution in [2.75, 3.05) is 0 Å². The Morgan fingerprint density at radius 1 is 1.19 bits per heavy atom. The van der Waals surface area contributed by atoms with Crippen molar-refractivity contribution in [3.63, 3.8) is 0 Å². The zero-order valence-electron chi connectivity index (χ0n) is 12.4. The summed E-state index contributed by atoms with van der Waals surface area (Å²) in [5, 5.41) is 2.88. The largest absolute Gasteiger partial charge is 0.491 e. The van der Waals surface area contributed by atoms with Gasteiger partial charge in [0.05, 0.1) is 12.5 Å². The molecule has 4 nitrogen and oxygen atoms in total.